The fraction of sp³-hybridized carbons (Fsp3) is 0.154. The van der Waals surface area contributed by atoms with Gasteiger partial charge >= 0.3 is 5.97 Å². The summed E-state index contributed by atoms with van der Waals surface area (Å²) in [5.41, 5.74) is 3.86. The highest BCUT2D eigenvalue weighted by Crippen LogP contribution is 2.19. The van der Waals surface area contributed by atoms with Gasteiger partial charge in [-0.2, -0.15) is 5.10 Å². The Bertz CT molecular complexity index is 1330. The van der Waals surface area contributed by atoms with Crippen molar-refractivity contribution < 1.29 is 14.7 Å². The quantitative estimate of drug-likeness (QED) is 0.203. The number of aliphatic carboxylic acids is 1. The number of nitrogens with two attached hydrogens (primary N) is 1. The molecule has 3 aromatic carbocycles. The lowest BCUT2D eigenvalue weighted by molar-refractivity contribution is -0.139. The van der Waals surface area contributed by atoms with E-state index in [1.165, 1.54) is 11.8 Å². The molecule has 1 unspecified atom stereocenters. The van der Waals surface area contributed by atoms with Crippen LogP contribution in [0.15, 0.2) is 84.0 Å². The maximum absolute atomic E-state index is 12.8. The van der Waals surface area contributed by atoms with Gasteiger partial charge in [0.15, 0.2) is 0 Å². The molecule has 4 N–H and O–H groups in total. The van der Waals surface area contributed by atoms with Crippen molar-refractivity contribution in [2.24, 2.45) is 10.9 Å². The summed E-state index contributed by atoms with van der Waals surface area (Å²) in [4.78, 5) is 29.5. The minimum Gasteiger partial charge on any atom is -0.480 e. The van der Waals surface area contributed by atoms with Crippen molar-refractivity contribution in [3.8, 4) is 0 Å². The van der Waals surface area contributed by atoms with Gasteiger partial charge in [0.1, 0.15) is 11.9 Å². The normalized spacial score (nSPS) is 12.1. The molecule has 1 heterocycles. The Kier molecular flexibility index (Phi) is 6.98. The van der Waals surface area contributed by atoms with Crippen molar-refractivity contribution in [2.75, 3.05) is 0 Å². The highest BCUT2D eigenvalue weighted by molar-refractivity contribution is 5.98. The van der Waals surface area contributed by atoms with Gasteiger partial charge in [0, 0.05) is 18.5 Å². The Morgan fingerprint density at radius 2 is 1.82 bits per heavy atom. The molecule has 4 rings (SSSR count). The molecule has 1 amide bonds. The van der Waals surface area contributed by atoms with E-state index in [9.17, 15) is 14.7 Å². The molecule has 0 bridgehead atoms. The lowest BCUT2D eigenvalue weighted by atomic mass is 10.1. The van der Waals surface area contributed by atoms with Crippen molar-refractivity contribution >= 4 is 29.1 Å². The third-order valence-corrected chi connectivity index (χ3v) is 5.56. The monoisotopic (exact) mass is 455 g/mol. The molecule has 1 atom stereocenters. The summed E-state index contributed by atoms with van der Waals surface area (Å²) in [6.45, 7) is 0.639. The van der Waals surface area contributed by atoms with Crippen LogP contribution in [0.2, 0.25) is 0 Å². The molecule has 34 heavy (non-hydrogen) atoms. The molecule has 4 aromatic rings. The molecule has 0 aliphatic heterocycles. The Hall–Kier alpha value is -4.46. The smallest absolute Gasteiger partial charge is 0.326 e. The van der Waals surface area contributed by atoms with Crippen LogP contribution >= 0.6 is 0 Å². The van der Waals surface area contributed by atoms with E-state index in [0.29, 0.717) is 23.5 Å². The van der Waals surface area contributed by atoms with Gasteiger partial charge in [-0.25, -0.2) is 9.78 Å². The standard InChI is InChI=1S/C26H25N5O3/c27-28-17-19-9-6-10-20(15-19)25(32)30-22(26(33)34)16-24-29-21-11-4-5-12-23(21)31(24)14-13-18-7-2-1-3-8-18/h1-12,15,17,22H,13-14,16,27H2,(H,30,32)(H,33,34). The number of hydrazone groups is 1. The number of hydrogen-bond donors (Lipinski definition) is 3. The van der Waals surface area contributed by atoms with Gasteiger partial charge in [-0.15, -0.1) is 0 Å². The van der Waals surface area contributed by atoms with E-state index in [-0.39, 0.29) is 6.42 Å². The fourth-order valence-electron chi connectivity index (χ4n) is 3.89. The van der Waals surface area contributed by atoms with Crippen LogP contribution in [0.3, 0.4) is 0 Å². The number of carbonyl (C=O) groups excluding carboxylic acids is 1. The number of aryl methyl sites for hydroxylation is 2. The average molecular weight is 456 g/mol. The molecule has 1 aromatic heterocycles. The molecule has 0 radical (unpaired) electrons. The second-order valence-corrected chi connectivity index (χ2v) is 7.88. The molecule has 0 aliphatic carbocycles. The van der Waals surface area contributed by atoms with Crippen molar-refractivity contribution in [2.45, 2.75) is 25.4 Å². The van der Waals surface area contributed by atoms with Crippen LogP contribution < -0.4 is 11.2 Å². The number of amides is 1. The largest absolute Gasteiger partial charge is 0.480 e. The number of fused-ring (bicyclic) bond motifs is 1. The molecule has 0 spiro atoms. The number of nitrogens with one attached hydrogen (secondary N) is 1. The number of aromatic nitrogens is 2. The lowest BCUT2D eigenvalue weighted by Crippen LogP contribution is -2.43. The van der Waals surface area contributed by atoms with E-state index in [1.807, 2.05) is 47.0 Å². The minimum atomic E-state index is -1.15. The number of hydrogen-bond acceptors (Lipinski definition) is 5. The number of carboxylic acids is 1. The van der Waals surface area contributed by atoms with Gasteiger partial charge in [0.05, 0.1) is 17.2 Å². The molecule has 0 fully saturated rings. The second-order valence-electron chi connectivity index (χ2n) is 7.88. The third kappa shape index (κ3) is 5.29. The first-order valence-electron chi connectivity index (χ1n) is 10.9. The summed E-state index contributed by atoms with van der Waals surface area (Å²) in [7, 11) is 0. The first-order chi connectivity index (χ1) is 16.5. The van der Waals surface area contributed by atoms with Crippen molar-refractivity contribution in [3.05, 3.63) is 101 Å². The first kappa shape index (κ1) is 22.7. The summed E-state index contributed by atoms with van der Waals surface area (Å²) in [5.74, 6) is 4.16. The van der Waals surface area contributed by atoms with Crippen LogP contribution in [0.25, 0.3) is 11.0 Å². The maximum Gasteiger partial charge on any atom is 0.326 e. The Balaban J connectivity index is 1.58. The zero-order valence-corrected chi connectivity index (χ0v) is 18.5. The minimum absolute atomic E-state index is 0.0501. The van der Waals surface area contributed by atoms with E-state index in [0.717, 1.165) is 17.5 Å². The van der Waals surface area contributed by atoms with Crippen molar-refractivity contribution in [1.29, 1.82) is 0 Å². The van der Waals surface area contributed by atoms with E-state index in [1.54, 1.807) is 24.3 Å². The number of rotatable bonds is 9. The van der Waals surface area contributed by atoms with Crippen LogP contribution in [0.4, 0.5) is 0 Å². The molecule has 172 valence electrons. The number of nitrogens with zero attached hydrogens (tertiary/aromatic N) is 3. The summed E-state index contributed by atoms with van der Waals surface area (Å²) >= 11 is 0. The number of benzene rings is 3. The number of imidazole rings is 1. The topological polar surface area (TPSA) is 123 Å². The third-order valence-electron chi connectivity index (χ3n) is 5.56. The number of carbonyl (C=O) groups is 2. The Morgan fingerprint density at radius 3 is 2.59 bits per heavy atom. The SMILES string of the molecule is NN=Cc1cccc(C(=O)NC(Cc2nc3ccccc3n2CCc2ccccc2)C(=O)O)c1. The predicted octanol–water partition coefficient (Wildman–Crippen LogP) is 3.00. The molecule has 0 saturated heterocycles. The van der Waals surface area contributed by atoms with Gasteiger partial charge in [0.2, 0.25) is 0 Å². The summed E-state index contributed by atoms with van der Waals surface area (Å²) in [6, 6.07) is 23.3. The summed E-state index contributed by atoms with van der Waals surface area (Å²) in [6.07, 6.45) is 2.24. The van der Waals surface area contributed by atoms with Crippen LogP contribution in [-0.2, 0) is 24.2 Å². The molecule has 8 heteroatoms. The molecular weight excluding hydrogens is 430 g/mol. The number of para-hydroxylation sites is 2. The summed E-state index contributed by atoms with van der Waals surface area (Å²) < 4.78 is 2.03. The van der Waals surface area contributed by atoms with Crippen LogP contribution in [0.5, 0.6) is 0 Å². The van der Waals surface area contributed by atoms with Gasteiger partial charge in [-0.3, -0.25) is 4.79 Å². The van der Waals surface area contributed by atoms with Crippen LogP contribution in [0.1, 0.15) is 27.3 Å². The van der Waals surface area contributed by atoms with Crippen LogP contribution in [0, 0.1) is 0 Å². The van der Waals surface area contributed by atoms with Gasteiger partial charge < -0.3 is 20.8 Å². The molecule has 0 saturated carbocycles. The lowest BCUT2D eigenvalue weighted by Gasteiger charge is -2.16. The van der Waals surface area contributed by atoms with Crippen molar-refractivity contribution in [3.63, 3.8) is 0 Å². The van der Waals surface area contributed by atoms with Gasteiger partial charge in [-0.1, -0.05) is 54.6 Å². The zero-order valence-electron chi connectivity index (χ0n) is 18.5. The molecule has 0 aliphatic rings. The van der Waals surface area contributed by atoms with E-state index in [2.05, 4.69) is 27.5 Å². The van der Waals surface area contributed by atoms with Gasteiger partial charge in [0.25, 0.3) is 5.91 Å². The predicted molar refractivity (Wildman–Crippen MR) is 131 cm³/mol. The van der Waals surface area contributed by atoms with Crippen molar-refractivity contribution in [1.82, 2.24) is 14.9 Å². The van der Waals surface area contributed by atoms with E-state index < -0.39 is 17.9 Å². The maximum atomic E-state index is 12.8. The Labute approximate surface area is 196 Å². The molecular formula is C26H25N5O3. The fourth-order valence-corrected chi connectivity index (χ4v) is 3.89. The van der Waals surface area contributed by atoms with E-state index >= 15 is 0 Å². The van der Waals surface area contributed by atoms with Crippen LogP contribution in [-0.4, -0.2) is 38.8 Å². The summed E-state index contributed by atoms with van der Waals surface area (Å²) in [5, 5.41) is 15.9. The Morgan fingerprint density at radius 1 is 1.06 bits per heavy atom. The number of carboxylic acid groups (broad SMARTS) is 1. The molecule has 8 nitrogen and oxygen atoms in total. The second kappa shape index (κ2) is 10.4. The zero-order chi connectivity index (χ0) is 23.9. The highest BCUT2D eigenvalue weighted by Gasteiger charge is 2.24. The highest BCUT2D eigenvalue weighted by atomic mass is 16.4. The average Bonchev–Trinajstić information content (AvgIpc) is 3.20. The van der Waals surface area contributed by atoms with Gasteiger partial charge in [-0.05, 0) is 41.8 Å². The van der Waals surface area contributed by atoms with E-state index in [4.69, 9.17) is 5.84 Å². The first-order valence-corrected chi connectivity index (χ1v) is 10.9.